The minimum Gasteiger partial charge on any atom is -0.406 e. The Labute approximate surface area is 149 Å². The third-order valence-electron chi connectivity index (χ3n) is 2.85. The molecule has 132 valence electrons. The van der Waals surface area contributed by atoms with E-state index in [1.807, 2.05) is 0 Å². The molecule has 2 rings (SSSR count). The summed E-state index contributed by atoms with van der Waals surface area (Å²) in [5.41, 5.74) is 0.478. The van der Waals surface area contributed by atoms with Gasteiger partial charge in [0.1, 0.15) is 5.75 Å². The molecule has 9 heteroatoms. The predicted octanol–water partition coefficient (Wildman–Crippen LogP) is 3.72. The van der Waals surface area contributed by atoms with E-state index < -0.39 is 23.9 Å². The minimum atomic E-state index is -4.82. The van der Waals surface area contributed by atoms with Crippen LogP contribution in [0.5, 0.6) is 5.75 Å². The largest absolute Gasteiger partial charge is 0.573 e. The highest BCUT2D eigenvalue weighted by Gasteiger charge is 2.31. The number of alkyl halides is 3. The fourth-order valence-electron chi connectivity index (χ4n) is 1.87. The number of benzene rings is 2. The second-order valence-corrected chi connectivity index (χ2v) is 5.73. The molecule has 0 aliphatic rings. The van der Waals surface area contributed by atoms with Crippen LogP contribution >= 0.6 is 15.9 Å². The lowest BCUT2D eigenvalue weighted by atomic mass is 10.2. The molecule has 0 unspecified atom stereocenters. The SMILES string of the molecule is O=C(CNC(=O)c1cccc(Br)c1)Nc1cccc(OC(F)(F)F)c1. The van der Waals surface area contributed by atoms with Gasteiger partial charge in [0.25, 0.3) is 5.91 Å². The summed E-state index contributed by atoms with van der Waals surface area (Å²) in [6, 6.07) is 11.4. The number of ether oxygens (including phenoxy) is 1. The van der Waals surface area contributed by atoms with Crippen LogP contribution in [0.2, 0.25) is 0 Å². The van der Waals surface area contributed by atoms with Crippen LogP contribution in [0.25, 0.3) is 0 Å². The normalized spacial score (nSPS) is 10.9. The summed E-state index contributed by atoms with van der Waals surface area (Å²) in [5.74, 6) is -1.50. The van der Waals surface area contributed by atoms with Gasteiger partial charge in [0.2, 0.25) is 5.91 Å². The van der Waals surface area contributed by atoms with Crippen LogP contribution in [0.4, 0.5) is 18.9 Å². The summed E-state index contributed by atoms with van der Waals surface area (Å²) in [6.07, 6.45) is -4.82. The van der Waals surface area contributed by atoms with Crippen molar-refractivity contribution in [2.45, 2.75) is 6.36 Å². The van der Waals surface area contributed by atoms with Crippen LogP contribution < -0.4 is 15.4 Å². The van der Waals surface area contributed by atoms with Crippen LogP contribution in [0.3, 0.4) is 0 Å². The van der Waals surface area contributed by atoms with Gasteiger partial charge in [-0.15, -0.1) is 13.2 Å². The first-order chi connectivity index (χ1) is 11.7. The van der Waals surface area contributed by atoms with Crippen LogP contribution in [0.1, 0.15) is 10.4 Å². The van der Waals surface area contributed by atoms with Gasteiger partial charge in [0, 0.05) is 21.8 Å². The van der Waals surface area contributed by atoms with Crippen molar-refractivity contribution in [2.75, 3.05) is 11.9 Å². The zero-order chi connectivity index (χ0) is 18.4. The van der Waals surface area contributed by atoms with Gasteiger partial charge in [-0.2, -0.15) is 0 Å². The average molecular weight is 417 g/mol. The van der Waals surface area contributed by atoms with E-state index in [1.54, 1.807) is 24.3 Å². The number of anilines is 1. The summed E-state index contributed by atoms with van der Waals surface area (Å²) >= 11 is 3.23. The second-order valence-electron chi connectivity index (χ2n) is 4.82. The number of rotatable bonds is 5. The Hall–Kier alpha value is -2.55. The van der Waals surface area contributed by atoms with Crippen molar-refractivity contribution in [3.05, 3.63) is 58.6 Å². The molecule has 0 saturated carbocycles. The maximum Gasteiger partial charge on any atom is 0.573 e. The third kappa shape index (κ3) is 6.46. The lowest BCUT2D eigenvalue weighted by molar-refractivity contribution is -0.274. The lowest BCUT2D eigenvalue weighted by Crippen LogP contribution is -2.32. The monoisotopic (exact) mass is 416 g/mol. The summed E-state index contributed by atoms with van der Waals surface area (Å²) in [5, 5.41) is 4.79. The molecule has 0 radical (unpaired) electrons. The maximum atomic E-state index is 12.2. The highest BCUT2D eigenvalue weighted by atomic mass is 79.9. The second kappa shape index (κ2) is 8.02. The Morgan fingerprint density at radius 2 is 1.80 bits per heavy atom. The molecule has 5 nitrogen and oxygen atoms in total. The van der Waals surface area contributed by atoms with Gasteiger partial charge in [0.15, 0.2) is 0 Å². The van der Waals surface area contributed by atoms with Gasteiger partial charge in [-0.05, 0) is 30.3 Å². The van der Waals surface area contributed by atoms with Crippen molar-refractivity contribution in [2.24, 2.45) is 0 Å². The molecule has 0 aliphatic heterocycles. The molecular weight excluding hydrogens is 405 g/mol. The fraction of sp³-hybridized carbons (Fsp3) is 0.125. The van der Waals surface area contributed by atoms with Crippen molar-refractivity contribution in [3.63, 3.8) is 0 Å². The molecule has 2 aromatic rings. The molecule has 0 bridgehead atoms. The van der Waals surface area contributed by atoms with E-state index in [0.29, 0.717) is 10.0 Å². The van der Waals surface area contributed by atoms with Crippen molar-refractivity contribution in [1.82, 2.24) is 5.32 Å². The maximum absolute atomic E-state index is 12.2. The van der Waals surface area contributed by atoms with Crippen molar-refractivity contribution < 1.29 is 27.5 Å². The lowest BCUT2D eigenvalue weighted by Gasteiger charge is -2.11. The molecule has 0 atom stereocenters. The molecule has 2 N–H and O–H groups in total. The smallest absolute Gasteiger partial charge is 0.406 e. The van der Waals surface area contributed by atoms with E-state index in [4.69, 9.17) is 0 Å². The molecule has 0 fully saturated rings. The first-order valence-corrected chi connectivity index (χ1v) is 7.72. The number of carbonyl (C=O) groups is 2. The van der Waals surface area contributed by atoms with Gasteiger partial charge >= 0.3 is 6.36 Å². The molecule has 0 aromatic heterocycles. The van der Waals surface area contributed by atoms with E-state index in [0.717, 1.165) is 12.1 Å². The fourth-order valence-corrected chi connectivity index (χ4v) is 2.27. The van der Waals surface area contributed by atoms with Gasteiger partial charge in [0.05, 0.1) is 6.54 Å². The van der Waals surface area contributed by atoms with Crippen molar-refractivity contribution >= 4 is 33.4 Å². The molecular formula is C16H12BrF3N2O3. The summed E-state index contributed by atoms with van der Waals surface area (Å²) in [4.78, 5) is 23.7. The van der Waals surface area contributed by atoms with Gasteiger partial charge in [-0.1, -0.05) is 28.1 Å². The van der Waals surface area contributed by atoms with Gasteiger partial charge in [-0.25, -0.2) is 0 Å². The van der Waals surface area contributed by atoms with E-state index in [9.17, 15) is 22.8 Å². The van der Waals surface area contributed by atoms with E-state index in [2.05, 4.69) is 31.3 Å². The standard InChI is InChI=1S/C16H12BrF3N2O3/c17-11-4-1-3-10(7-11)15(24)21-9-14(23)22-12-5-2-6-13(8-12)25-16(18,19)20/h1-8H,9H2,(H,21,24)(H,22,23). The van der Waals surface area contributed by atoms with Crippen LogP contribution in [0.15, 0.2) is 53.0 Å². The molecule has 25 heavy (non-hydrogen) atoms. The molecule has 0 saturated heterocycles. The number of carbonyl (C=O) groups excluding carboxylic acids is 2. The number of hydrogen-bond acceptors (Lipinski definition) is 3. The molecule has 2 aromatic carbocycles. The summed E-state index contributed by atoms with van der Waals surface area (Å²) < 4.78 is 41.0. The summed E-state index contributed by atoms with van der Waals surface area (Å²) in [6.45, 7) is -0.338. The Morgan fingerprint density at radius 1 is 1.08 bits per heavy atom. The third-order valence-corrected chi connectivity index (χ3v) is 3.34. The highest BCUT2D eigenvalue weighted by molar-refractivity contribution is 9.10. The number of halogens is 4. The van der Waals surface area contributed by atoms with Crippen molar-refractivity contribution in [1.29, 1.82) is 0 Å². The predicted molar refractivity (Wildman–Crippen MR) is 88.2 cm³/mol. The zero-order valence-electron chi connectivity index (χ0n) is 12.6. The Bertz CT molecular complexity index is 781. The first-order valence-electron chi connectivity index (χ1n) is 6.92. The summed E-state index contributed by atoms with van der Waals surface area (Å²) in [7, 11) is 0. The number of hydrogen-bond donors (Lipinski definition) is 2. The number of amides is 2. The zero-order valence-corrected chi connectivity index (χ0v) is 14.1. The average Bonchev–Trinajstić information content (AvgIpc) is 2.51. The Balaban J connectivity index is 1.90. The van der Waals surface area contributed by atoms with Crippen LogP contribution in [0, 0.1) is 0 Å². The van der Waals surface area contributed by atoms with Crippen LogP contribution in [-0.2, 0) is 4.79 Å². The first kappa shape index (κ1) is 18.8. The molecule has 0 aliphatic carbocycles. The molecule has 0 spiro atoms. The van der Waals surface area contributed by atoms with E-state index >= 15 is 0 Å². The number of nitrogens with one attached hydrogen (secondary N) is 2. The van der Waals surface area contributed by atoms with E-state index in [-0.39, 0.29) is 12.2 Å². The van der Waals surface area contributed by atoms with Gasteiger partial charge < -0.3 is 15.4 Å². The molecule has 0 heterocycles. The van der Waals surface area contributed by atoms with E-state index in [1.165, 1.54) is 12.1 Å². The topological polar surface area (TPSA) is 67.4 Å². The van der Waals surface area contributed by atoms with Gasteiger partial charge in [-0.3, -0.25) is 9.59 Å². The quantitative estimate of drug-likeness (QED) is 0.780. The van der Waals surface area contributed by atoms with Crippen LogP contribution in [-0.4, -0.2) is 24.7 Å². The van der Waals surface area contributed by atoms with Crippen molar-refractivity contribution in [3.8, 4) is 5.75 Å². The molecule has 2 amide bonds. The Kier molecular flexibility index (Phi) is 6.02. The minimum absolute atomic E-state index is 0.114. The Morgan fingerprint density at radius 3 is 2.48 bits per heavy atom. The highest BCUT2D eigenvalue weighted by Crippen LogP contribution is 2.24.